The Labute approximate surface area is 135 Å². The van der Waals surface area contributed by atoms with Crippen molar-refractivity contribution >= 4 is 11.8 Å². The third-order valence-electron chi connectivity index (χ3n) is 4.11. The van der Waals surface area contributed by atoms with Crippen LogP contribution in [0.1, 0.15) is 12.0 Å². The largest absolute Gasteiger partial charge is 0.369 e. The van der Waals surface area contributed by atoms with Crippen LogP contribution < -0.4 is 16.2 Å². The normalized spacial score (nSPS) is 15.7. The Balaban J connectivity index is 1.46. The highest BCUT2D eigenvalue weighted by molar-refractivity contribution is 5.41. The zero-order chi connectivity index (χ0) is 16.1. The summed E-state index contributed by atoms with van der Waals surface area (Å²) in [7, 11) is 0. The summed E-state index contributed by atoms with van der Waals surface area (Å²) in [5.74, 6) is 0.840. The third kappa shape index (κ3) is 4.29. The molecule has 1 aliphatic heterocycles. The van der Waals surface area contributed by atoms with E-state index in [1.165, 1.54) is 11.6 Å². The molecule has 0 aliphatic carbocycles. The van der Waals surface area contributed by atoms with Gasteiger partial charge in [0, 0.05) is 44.6 Å². The minimum Gasteiger partial charge on any atom is -0.369 e. The van der Waals surface area contributed by atoms with Gasteiger partial charge in [0.15, 0.2) is 0 Å². The van der Waals surface area contributed by atoms with Gasteiger partial charge in [-0.2, -0.15) is 4.98 Å². The molecule has 0 atom stereocenters. The van der Waals surface area contributed by atoms with E-state index in [1.54, 1.807) is 6.20 Å². The molecule has 0 radical (unpaired) electrons. The highest BCUT2D eigenvalue weighted by Crippen LogP contribution is 2.12. The zero-order valence-electron chi connectivity index (χ0n) is 13.1. The van der Waals surface area contributed by atoms with Crippen LogP contribution in [-0.4, -0.2) is 52.6 Å². The first kappa shape index (κ1) is 15.5. The van der Waals surface area contributed by atoms with Gasteiger partial charge in [0.2, 0.25) is 5.95 Å². The SMILES string of the molecule is Nc1nc(N2CCN(CCCc3cccnc3)CC2)cc(=O)[nH]1. The van der Waals surface area contributed by atoms with E-state index in [1.807, 2.05) is 12.3 Å². The molecule has 2 aromatic heterocycles. The number of hydrogen-bond acceptors (Lipinski definition) is 6. The van der Waals surface area contributed by atoms with Crippen LogP contribution >= 0.6 is 0 Å². The van der Waals surface area contributed by atoms with Crippen LogP contribution in [0.5, 0.6) is 0 Å². The van der Waals surface area contributed by atoms with Gasteiger partial charge < -0.3 is 10.6 Å². The Hall–Kier alpha value is -2.41. The number of anilines is 2. The number of hydrogen-bond donors (Lipinski definition) is 2. The van der Waals surface area contributed by atoms with Crippen molar-refractivity contribution in [2.24, 2.45) is 0 Å². The van der Waals surface area contributed by atoms with E-state index >= 15 is 0 Å². The molecule has 7 heteroatoms. The van der Waals surface area contributed by atoms with Crippen LogP contribution in [0, 0.1) is 0 Å². The molecule has 7 nitrogen and oxygen atoms in total. The molecule has 2 aromatic rings. The number of aromatic nitrogens is 3. The summed E-state index contributed by atoms with van der Waals surface area (Å²) in [6, 6.07) is 5.61. The van der Waals surface area contributed by atoms with E-state index in [0.717, 1.165) is 45.6 Å². The van der Waals surface area contributed by atoms with Gasteiger partial charge in [-0.15, -0.1) is 0 Å². The van der Waals surface area contributed by atoms with Gasteiger partial charge in [0.05, 0.1) is 0 Å². The Morgan fingerprint density at radius 1 is 1.26 bits per heavy atom. The topological polar surface area (TPSA) is 91.1 Å². The number of nitrogen functional groups attached to an aromatic ring is 1. The molecule has 0 amide bonds. The van der Waals surface area contributed by atoms with Gasteiger partial charge in [-0.3, -0.25) is 19.7 Å². The molecule has 1 aliphatic rings. The first-order valence-corrected chi connectivity index (χ1v) is 7.94. The molecule has 0 saturated carbocycles. The molecule has 122 valence electrons. The maximum atomic E-state index is 11.5. The fourth-order valence-electron chi connectivity index (χ4n) is 2.88. The van der Waals surface area contributed by atoms with Crippen LogP contribution in [-0.2, 0) is 6.42 Å². The van der Waals surface area contributed by atoms with E-state index < -0.39 is 0 Å². The number of aromatic amines is 1. The van der Waals surface area contributed by atoms with Crippen molar-refractivity contribution in [3.63, 3.8) is 0 Å². The molecule has 23 heavy (non-hydrogen) atoms. The number of nitrogens with two attached hydrogens (primary N) is 1. The average molecular weight is 314 g/mol. The number of nitrogens with zero attached hydrogens (tertiary/aromatic N) is 4. The zero-order valence-corrected chi connectivity index (χ0v) is 13.1. The molecule has 0 bridgehead atoms. The predicted molar refractivity (Wildman–Crippen MR) is 90.5 cm³/mol. The minimum atomic E-state index is -0.202. The van der Waals surface area contributed by atoms with E-state index in [4.69, 9.17) is 5.73 Å². The summed E-state index contributed by atoms with van der Waals surface area (Å²) >= 11 is 0. The predicted octanol–water partition coefficient (Wildman–Crippen LogP) is 0.502. The highest BCUT2D eigenvalue weighted by Gasteiger charge is 2.18. The number of H-pyrrole nitrogens is 1. The fraction of sp³-hybridized carbons (Fsp3) is 0.438. The monoisotopic (exact) mass is 314 g/mol. The molecule has 0 spiro atoms. The molecular formula is C16H22N6O. The molecular weight excluding hydrogens is 292 g/mol. The summed E-state index contributed by atoms with van der Waals surface area (Å²) in [5.41, 5.74) is 6.69. The van der Waals surface area contributed by atoms with Gasteiger partial charge in [0.25, 0.3) is 5.56 Å². The summed E-state index contributed by atoms with van der Waals surface area (Å²) in [4.78, 5) is 26.9. The Morgan fingerprint density at radius 2 is 2.09 bits per heavy atom. The number of pyridine rings is 1. The number of rotatable bonds is 5. The molecule has 1 fully saturated rings. The summed E-state index contributed by atoms with van der Waals surface area (Å²) in [6.07, 6.45) is 5.92. The lowest BCUT2D eigenvalue weighted by Crippen LogP contribution is -2.47. The number of aryl methyl sites for hydroxylation is 1. The summed E-state index contributed by atoms with van der Waals surface area (Å²) in [6.45, 7) is 4.75. The van der Waals surface area contributed by atoms with Crippen molar-refractivity contribution < 1.29 is 0 Å². The average Bonchev–Trinajstić information content (AvgIpc) is 2.56. The van der Waals surface area contributed by atoms with Crippen molar-refractivity contribution in [1.29, 1.82) is 0 Å². The lowest BCUT2D eigenvalue weighted by molar-refractivity contribution is 0.254. The van der Waals surface area contributed by atoms with Crippen molar-refractivity contribution in [3.05, 3.63) is 46.5 Å². The van der Waals surface area contributed by atoms with Crippen molar-refractivity contribution in [1.82, 2.24) is 19.9 Å². The summed E-state index contributed by atoms with van der Waals surface area (Å²) in [5, 5.41) is 0. The Kier molecular flexibility index (Phi) is 4.87. The van der Waals surface area contributed by atoms with Crippen LogP contribution in [0.15, 0.2) is 35.4 Å². The first-order valence-electron chi connectivity index (χ1n) is 7.94. The van der Waals surface area contributed by atoms with E-state index in [-0.39, 0.29) is 11.5 Å². The van der Waals surface area contributed by atoms with Crippen LogP contribution in [0.25, 0.3) is 0 Å². The van der Waals surface area contributed by atoms with Gasteiger partial charge in [-0.1, -0.05) is 6.07 Å². The standard InChI is InChI=1S/C16H22N6O/c17-16-19-14(11-15(23)20-16)22-9-7-21(8-10-22)6-2-4-13-3-1-5-18-12-13/h1,3,5,11-12H,2,4,6-10H2,(H3,17,19,20,23). The second-order valence-corrected chi connectivity index (χ2v) is 5.78. The molecule has 1 saturated heterocycles. The van der Waals surface area contributed by atoms with Gasteiger partial charge in [0.1, 0.15) is 5.82 Å². The van der Waals surface area contributed by atoms with Gasteiger partial charge in [-0.05, 0) is 31.0 Å². The second-order valence-electron chi connectivity index (χ2n) is 5.78. The van der Waals surface area contributed by atoms with Crippen LogP contribution in [0.3, 0.4) is 0 Å². The van der Waals surface area contributed by atoms with Crippen LogP contribution in [0.2, 0.25) is 0 Å². The molecule has 3 heterocycles. The second kappa shape index (κ2) is 7.23. The quantitative estimate of drug-likeness (QED) is 0.835. The highest BCUT2D eigenvalue weighted by atomic mass is 16.1. The summed E-state index contributed by atoms with van der Waals surface area (Å²) < 4.78 is 0. The van der Waals surface area contributed by atoms with Crippen molar-refractivity contribution in [2.45, 2.75) is 12.8 Å². The number of piperazine rings is 1. The third-order valence-corrected chi connectivity index (χ3v) is 4.11. The van der Waals surface area contributed by atoms with E-state index in [9.17, 15) is 4.79 Å². The van der Waals surface area contributed by atoms with Gasteiger partial charge in [-0.25, -0.2) is 0 Å². The van der Waals surface area contributed by atoms with Gasteiger partial charge >= 0.3 is 0 Å². The first-order chi connectivity index (χ1) is 11.2. The van der Waals surface area contributed by atoms with Crippen LogP contribution in [0.4, 0.5) is 11.8 Å². The van der Waals surface area contributed by atoms with E-state index in [2.05, 4.69) is 30.8 Å². The minimum absolute atomic E-state index is 0.173. The molecule has 0 aromatic carbocycles. The van der Waals surface area contributed by atoms with Crippen molar-refractivity contribution in [2.75, 3.05) is 43.4 Å². The maximum Gasteiger partial charge on any atom is 0.254 e. The molecule has 0 unspecified atom stereocenters. The van der Waals surface area contributed by atoms with Crippen molar-refractivity contribution in [3.8, 4) is 0 Å². The lowest BCUT2D eigenvalue weighted by Gasteiger charge is -2.35. The number of nitrogens with one attached hydrogen (secondary N) is 1. The fourth-order valence-corrected chi connectivity index (χ4v) is 2.88. The maximum absolute atomic E-state index is 11.5. The lowest BCUT2D eigenvalue weighted by atomic mass is 10.1. The Morgan fingerprint density at radius 3 is 2.78 bits per heavy atom. The Bertz CT molecular complexity index is 678. The van der Waals surface area contributed by atoms with E-state index in [0.29, 0.717) is 5.82 Å². The molecule has 3 N–H and O–H groups in total. The molecule has 3 rings (SSSR count). The smallest absolute Gasteiger partial charge is 0.254 e.